The second kappa shape index (κ2) is 4.45. The van der Waals surface area contributed by atoms with Gasteiger partial charge in [-0.2, -0.15) is 0 Å². The van der Waals surface area contributed by atoms with Crippen LogP contribution in [0.1, 0.15) is 17.3 Å². The number of ketones is 1. The van der Waals surface area contributed by atoms with E-state index in [0.717, 1.165) is 4.47 Å². The van der Waals surface area contributed by atoms with Crippen molar-refractivity contribution < 1.29 is 4.79 Å². The van der Waals surface area contributed by atoms with Crippen LogP contribution < -0.4 is 0 Å². The first-order valence-corrected chi connectivity index (χ1v) is 5.26. The molecule has 0 spiro atoms. The van der Waals surface area contributed by atoms with Crippen LogP contribution in [0.3, 0.4) is 0 Å². The van der Waals surface area contributed by atoms with Crippen LogP contribution in [0.4, 0.5) is 0 Å². The fourth-order valence-corrected chi connectivity index (χ4v) is 1.59. The van der Waals surface area contributed by atoms with E-state index in [1.165, 1.54) is 0 Å². The predicted molar refractivity (Wildman–Crippen MR) is 58.8 cm³/mol. The van der Waals surface area contributed by atoms with E-state index >= 15 is 0 Å². The standard InChI is InChI=1S/C9H7BrCl2O/c1-5(11)9(13)7-4-6(10)2-3-8(7)12/h2-5H,1H3. The number of halogens is 3. The lowest BCUT2D eigenvalue weighted by molar-refractivity contribution is 0.0992. The molecule has 70 valence electrons. The molecule has 0 bridgehead atoms. The second-order valence-electron chi connectivity index (χ2n) is 2.60. The SMILES string of the molecule is CC(Cl)C(=O)c1cc(Br)ccc1Cl. The van der Waals surface area contributed by atoms with Gasteiger partial charge in [0.05, 0.1) is 10.4 Å². The van der Waals surface area contributed by atoms with Crippen molar-refractivity contribution in [3.8, 4) is 0 Å². The molecule has 0 amide bonds. The molecule has 1 atom stereocenters. The predicted octanol–water partition coefficient (Wildman–Crippen LogP) is 3.91. The van der Waals surface area contributed by atoms with E-state index in [9.17, 15) is 4.79 Å². The van der Waals surface area contributed by atoms with Crippen LogP contribution in [-0.4, -0.2) is 11.2 Å². The number of hydrogen-bond donors (Lipinski definition) is 0. The minimum absolute atomic E-state index is 0.159. The van der Waals surface area contributed by atoms with Gasteiger partial charge in [-0.15, -0.1) is 11.6 Å². The number of benzene rings is 1. The summed E-state index contributed by atoms with van der Waals surface area (Å²) in [7, 11) is 0. The highest BCUT2D eigenvalue weighted by atomic mass is 79.9. The third kappa shape index (κ3) is 2.70. The molecule has 1 aromatic carbocycles. The molecule has 1 nitrogen and oxygen atoms in total. The first-order chi connectivity index (χ1) is 6.02. The van der Waals surface area contributed by atoms with E-state index < -0.39 is 5.38 Å². The van der Waals surface area contributed by atoms with Crippen LogP contribution in [0.2, 0.25) is 5.02 Å². The Bertz CT molecular complexity index is 336. The summed E-state index contributed by atoms with van der Waals surface area (Å²) in [5, 5.41) is -0.118. The van der Waals surface area contributed by atoms with Gasteiger partial charge in [0, 0.05) is 10.0 Å². The van der Waals surface area contributed by atoms with Crippen LogP contribution in [0.15, 0.2) is 22.7 Å². The Labute approximate surface area is 95.2 Å². The fourth-order valence-electron chi connectivity index (χ4n) is 0.901. The Morgan fingerprint density at radius 3 is 2.69 bits per heavy atom. The summed E-state index contributed by atoms with van der Waals surface area (Å²) in [6, 6.07) is 5.11. The summed E-state index contributed by atoms with van der Waals surface area (Å²) in [6.45, 7) is 1.63. The van der Waals surface area contributed by atoms with Gasteiger partial charge in [0.25, 0.3) is 0 Å². The Balaban J connectivity index is 3.13. The number of alkyl halides is 1. The monoisotopic (exact) mass is 280 g/mol. The van der Waals surface area contributed by atoms with Crippen LogP contribution >= 0.6 is 39.1 Å². The zero-order valence-corrected chi connectivity index (χ0v) is 9.95. The molecule has 13 heavy (non-hydrogen) atoms. The average molecular weight is 282 g/mol. The highest BCUT2D eigenvalue weighted by Gasteiger charge is 2.15. The maximum atomic E-state index is 11.5. The molecule has 0 aromatic heterocycles. The average Bonchev–Trinajstić information content (AvgIpc) is 2.08. The molecular weight excluding hydrogens is 275 g/mol. The summed E-state index contributed by atoms with van der Waals surface area (Å²) in [5.41, 5.74) is 0.457. The smallest absolute Gasteiger partial charge is 0.181 e. The van der Waals surface area contributed by atoms with Crippen molar-refractivity contribution in [1.82, 2.24) is 0 Å². The largest absolute Gasteiger partial charge is 0.292 e. The molecule has 1 unspecified atom stereocenters. The minimum atomic E-state index is -0.549. The van der Waals surface area contributed by atoms with E-state index in [2.05, 4.69) is 15.9 Å². The molecule has 0 aliphatic carbocycles. The van der Waals surface area contributed by atoms with E-state index in [1.54, 1.807) is 25.1 Å². The molecule has 1 aromatic rings. The minimum Gasteiger partial charge on any atom is -0.292 e. The van der Waals surface area contributed by atoms with Gasteiger partial charge in [-0.05, 0) is 25.1 Å². The maximum absolute atomic E-state index is 11.5. The summed E-state index contributed by atoms with van der Waals surface area (Å²) in [4.78, 5) is 11.5. The third-order valence-corrected chi connectivity index (χ3v) is 2.58. The van der Waals surface area contributed by atoms with Crippen molar-refractivity contribution >= 4 is 44.9 Å². The zero-order valence-electron chi connectivity index (χ0n) is 6.85. The summed E-state index contributed by atoms with van der Waals surface area (Å²) in [6.07, 6.45) is 0. The van der Waals surface area contributed by atoms with Crippen LogP contribution in [0.25, 0.3) is 0 Å². The van der Waals surface area contributed by atoms with E-state index in [1.807, 2.05) is 0 Å². The number of hydrogen-bond acceptors (Lipinski definition) is 1. The lowest BCUT2D eigenvalue weighted by atomic mass is 10.1. The Morgan fingerprint density at radius 2 is 2.15 bits per heavy atom. The van der Waals surface area contributed by atoms with Gasteiger partial charge in [-0.1, -0.05) is 27.5 Å². The van der Waals surface area contributed by atoms with Gasteiger partial charge in [0.1, 0.15) is 0 Å². The highest BCUT2D eigenvalue weighted by Crippen LogP contribution is 2.23. The number of carbonyl (C=O) groups excluding carboxylic acids is 1. The Hall–Kier alpha value is -0.0500. The lowest BCUT2D eigenvalue weighted by Gasteiger charge is -2.04. The first-order valence-electron chi connectivity index (χ1n) is 3.65. The summed E-state index contributed by atoms with van der Waals surface area (Å²) >= 11 is 14.8. The van der Waals surface area contributed by atoms with Crippen molar-refractivity contribution in [3.05, 3.63) is 33.3 Å². The first kappa shape index (κ1) is 11.0. The molecule has 0 aliphatic rings. The molecule has 4 heteroatoms. The lowest BCUT2D eigenvalue weighted by Crippen LogP contribution is -2.10. The normalized spacial score (nSPS) is 12.6. The van der Waals surface area contributed by atoms with Crippen LogP contribution in [0, 0.1) is 0 Å². The number of carbonyl (C=O) groups is 1. The zero-order chi connectivity index (χ0) is 10.0. The molecule has 0 radical (unpaired) electrons. The van der Waals surface area contributed by atoms with Gasteiger partial charge in [-0.3, -0.25) is 4.79 Å². The molecule has 0 fully saturated rings. The van der Waals surface area contributed by atoms with Gasteiger partial charge in [-0.25, -0.2) is 0 Å². The quantitative estimate of drug-likeness (QED) is 0.593. The number of rotatable bonds is 2. The molecule has 0 heterocycles. The van der Waals surface area contributed by atoms with Crippen molar-refractivity contribution in [3.63, 3.8) is 0 Å². The second-order valence-corrected chi connectivity index (χ2v) is 4.58. The van der Waals surface area contributed by atoms with Crippen molar-refractivity contribution in [2.75, 3.05) is 0 Å². The van der Waals surface area contributed by atoms with Gasteiger partial charge >= 0.3 is 0 Å². The molecule has 1 rings (SSSR count). The van der Waals surface area contributed by atoms with Crippen molar-refractivity contribution in [2.24, 2.45) is 0 Å². The maximum Gasteiger partial charge on any atom is 0.181 e. The molecular formula is C9H7BrCl2O. The van der Waals surface area contributed by atoms with Gasteiger partial charge < -0.3 is 0 Å². The molecule has 0 N–H and O–H groups in total. The Kier molecular flexibility index (Phi) is 3.77. The number of Topliss-reactive ketones (excluding diaryl/α,β-unsaturated/α-hetero) is 1. The highest BCUT2D eigenvalue weighted by molar-refractivity contribution is 9.10. The Morgan fingerprint density at radius 1 is 1.54 bits per heavy atom. The van der Waals surface area contributed by atoms with Gasteiger partial charge in [0.15, 0.2) is 5.78 Å². The molecule has 0 aliphatic heterocycles. The van der Waals surface area contributed by atoms with E-state index in [4.69, 9.17) is 23.2 Å². The molecule has 0 saturated heterocycles. The van der Waals surface area contributed by atoms with Gasteiger partial charge in [0.2, 0.25) is 0 Å². The summed E-state index contributed by atoms with van der Waals surface area (Å²) in [5.74, 6) is -0.159. The fraction of sp³-hybridized carbons (Fsp3) is 0.222. The van der Waals surface area contributed by atoms with Crippen LogP contribution in [0.5, 0.6) is 0 Å². The van der Waals surface area contributed by atoms with Crippen molar-refractivity contribution in [2.45, 2.75) is 12.3 Å². The topological polar surface area (TPSA) is 17.1 Å². The van der Waals surface area contributed by atoms with Crippen molar-refractivity contribution in [1.29, 1.82) is 0 Å². The van der Waals surface area contributed by atoms with E-state index in [-0.39, 0.29) is 5.78 Å². The summed E-state index contributed by atoms with van der Waals surface area (Å²) < 4.78 is 0.817. The van der Waals surface area contributed by atoms with E-state index in [0.29, 0.717) is 10.6 Å². The van der Waals surface area contributed by atoms with Crippen LogP contribution in [-0.2, 0) is 0 Å². The molecule has 0 saturated carbocycles. The third-order valence-electron chi connectivity index (χ3n) is 1.56.